The Balaban J connectivity index is 2.32. The summed E-state index contributed by atoms with van der Waals surface area (Å²) < 4.78 is 16.1. The van der Waals surface area contributed by atoms with Crippen LogP contribution in [0.4, 0.5) is 11.4 Å². The van der Waals surface area contributed by atoms with Crippen LogP contribution in [0.2, 0.25) is 0 Å². The fraction of sp³-hybridized carbons (Fsp3) is 0.368. The van der Waals surface area contributed by atoms with Crippen LogP contribution in [0.5, 0.6) is 17.2 Å². The number of pyridine rings is 1. The van der Waals surface area contributed by atoms with Gasteiger partial charge in [0, 0.05) is 42.8 Å². The third-order valence-corrected chi connectivity index (χ3v) is 3.98. The number of benzene rings is 1. The van der Waals surface area contributed by atoms with E-state index < -0.39 is 0 Å². The number of nitrogens with one attached hydrogen (secondary N) is 1. The summed E-state index contributed by atoms with van der Waals surface area (Å²) >= 11 is 0. The number of hydrogen-bond donors (Lipinski definition) is 1. The second-order valence-electron chi connectivity index (χ2n) is 5.45. The molecule has 0 spiro atoms. The van der Waals surface area contributed by atoms with Gasteiger partial charge in [-0.2, -0.15) is 0 Å². The Labute approximate surface area is 153 Å². The molecule has 0 atom stereocenters. The minimum atomic E-state index is -0.0939. The molecule has 7 heteroatoms. The third-order valence-electron chi connectivity index (χ3n) is 3.98. The van der Waals surface area contributed by atoms with Gasteiger partial charge in [0.15, 0.2) is 11.5 Å². The first-order chi connectivity index (χ1) is 12.6. The van der Waals surface area contributed by atoms with E-state index in [2.05, 4.69) is 10.3 Å². The van der Waals surface area contributed by atoms with Crippen molar-refractivity contribution in [2.45, 2.75) is 13.8 Å². The first-order valence-electron chi connectivity index (χ1n) is 8.40. The van der Waals surface area contributed by atoms with Crippen LogP contribution in [0.1, 0.15) is 24.3 Å². The predicted octanol–water partition coefficient (Wildman–Crippen LogP) is 3.33. The monoisotopic (exact) mass is 359 g/mol. The largest absolute Gasteiger partial charge is 0.493 e. The molecule has 1 amide bonds. The van der Waals surface area contributed by atoms with Crippen molar-refractivity contribution in [3.8, 4) is 17.2 Å². The highest BCUT2D eigenvalue weighted by Crippen LogP contribution is 2.40. The molecule has 0 saturated carbocycles. The lowest BCUT2D eigenvalue weighted by molar-refractivity contribution is 0.0767. The van der Waals surface area contributed by atoms with Crippen molar-refractivity contribution in [1.29, 1.82) is 0 Å². The number of anilines is 2. The summed E-state index contributed by atoms with van der Waals surface area (Å²) in [5.41, 5.74) is 1.88. The van der Waals surface area contributed by atoms with Crippen molar-refractivity contribution in [3.63, 3.8) is 0 Å². The second-order valence-corrected chi connectivity index (χ2v) is 5.45. The van der Waals surface area contributed by atoms with Crippen molar-refractivity contribution >= 4 is 17.3 Å². The molecule has 7 nitrogen and oxygen atoms in total. The summed E-state index contributed by atoms with van der Waals surface area (Å²) in [7, 11) is 4.68. The van der Waals surface area contributed by atoms with Gasteiger partial charge in [0.25, 0.3) is 5.91 Å². The van der Waals surface area contributed by atoms with Crippen LogP contribution in [0.15, 0.2) is 30.5 Å². The molecule has 1 N–H and O–H groups in total. The maximum atomic E-state index is 12.5. The van der Waals surface area contributed by atoms with Crippen LogP contribution in [0, 0.1) is 0 Å². The molecule has 1 aromatic heterocycles. The van der Waals surface area contributed by atoms with Gasteiger partial charge in [0.1, 0.15) is 5.69 Å². The zero-order chi connectivity index (χ0) is 19.1. The predicted molar refractivity (Wildman–Crippen MR) is 101 cm³/mol. The van der Waals surface area contributed by atoms with Gasteiger partial charge in [0.05, 0.1) is 21.3 Å². The third kappa shape index (κ3) is 4.17. The van der Waals surface area contributed by atoms with Gasteiger partial charge < -0.3 is 24.4 Å². The van der Waals surface area contributed by atoms with Crippen molar-refractivity contribution in [2.24, 2.45) is 0 Å². The van der Waals surface area contributed by atoms with Crippen molar-refractivity contribution < 1.29 is 19.0 Å². The first-order valence-corrected chi connectivity index (χ1v) is 8.40. The molecule has 0 aliphatic heterocycles. The van der Waals surface area contributed by atoms with Gasteiger partial charge in [0.2, 0.25) is 5.75 Å². The smallest absolute Gasteiger partial charge is 0.272 e. The molecule has 0 radical (unpaired) electrons. The Morgan fingerprint density at radius 3 is 2.12 bits per heavy atom. The molecular weight excluding hydrogens is 334 g/mol. The van der Waals surface area contributed by atoms with E-state index in [0.717, 1.165) is 11.4 Å². The molecule has 1 aromatic carbocycles. The molecule has 0 saturated heterocycles. The minimum absolute atomic E-state index is 0.0939. The maximum absolute atomic E-state index is 12.5. The van der Waals surface area contributed by atoms with E-state index in [-0.39, 0.29) is 5.91 Å². The number of rotatable bonds is 8. The average Bonchev–Trinajstić information content (AvgIpc) is 2.68. The standard InChI is InChI=1S/C19H25N3O4/c1-6-22(7-2)19(23)15-10-13(8-9-20-15)21-14-11-16(24-3)18(26-5)17(12-14)25-4/h8-12H,6-7H2,1-5H3,(H,20,21). The molecule has 140 valence electrons. The van der Waals surface area contributed by atoms with Crippen LogP contribution in [0.3, 0.4) is 0 Å². The van der Waals surface area contributed by atoms with Crippen LogP contribution in [-0.4, -0.2) is 50.2 Å². The van der Waals surface area contributed by atoms with Crippen LogP contribution < -0.4 is 19.5 Å². The fourth-order valence-electron chi connectivity index (χ4n) is 2.62. The highest BCUT2D eigenvalue weighted by molar-refractivity contribution is 5.93. The van der Waals surface area contributed by atoms with Crippen molar-refractivity contribution in [3.05, 3.63) is 36.2 Å². The molecule has 0 bridgehead atoms. The summed E-state index contributed by atoms with van der Waals surface area (Å²) in [6.07, 6.45) is 1.61. The first kappa shape index (κ1) is 19.4. The van der Waals surface area contributed by atoms with E-state index in [0.29, 0.717) is 36.0 Å². The van der Waals surface area contributed by atoms with E-state index in [1.165, 1.54) is 0 Å². The van der Waals surface area contributed by atoms with E-state index in [4.69, 9.17) is 14.2 Å². The van der Waals surface area contributed by atoms with Gasteiger partial charge in [-0.3, -0.25) is 9.78 Å². The Bertz CT molecular complexity index is 735. The van der Waals surface area contributed by atoms with Gasteiger partial charge in [-0.25, -0.2) is 0 Å². The van der Waals surface area contributed by atoms with Crippen LogP contribution in [-0.2, 0) is 0 Å². The Morgan fingerprint density at radius 2 is 1.62 bits per heavy atom. The molecule has 0 aliphatic rings. The zero-order valence-electron chi connectivity index (χ0n) is 15.8. The number of carbonyl (C=O) groups excluding carboxylic acids is 1. The van der Waals surface area contributed by atoms with Crippen molar-refractivity contribution in [1.82, 2.24) is 9.88 Å². The molecular formula is C19H25N3O4. The zero-order valence-corrected chi connectivity index (χ0v) is 15.8. The lowest BCUT2D eigenvalue weighted by atomic mass is 10.2. The molecule has 26 heavy (non-hydrogen) atoms. The van der Waals surface area contributed by atoms with Gasteiger partial charge in [-0.15, -0.1) is 0 Å². The van der Waals surface area contributed by atoms with E-state index >= 15 is 0 Å². The lowest BCUT2D eigenvalue weighted by Crippen LogP contribution is -2.31. The quantitative estimate of drug-likeness (QED) is 0.779. The molecule has 2 rings (SSSR count). The van der Waals surface area contributed by atoms with E-state index in [9.17, 15) is 4.79 Å². The highest BCUT2D eigenvalue weighted by atomic mass is 16.5. The number of hydrogen-bond acceptors (Lipinski definition) is 6. The number of carbonyl (C=O) groups is 1. The van der Waals surface area contributed by atoms with Gasteiger partial charge >= 0.3 is 0 Å². The molecule has 0 fully saturated rings. The molecule has 0 aliphatic carbocycles. The number of methoxy groups -OCH3 is 3. The molecule has 2 aromatic rings. The Hall–Kier alpha value is -2.96. The second kappa shape index (κ2) is 8.94. The van der Waals surface area contributed by atoms with E-state index in [1.54, 1.807) is 56.7 Å². The summed E-state index contributed by atoms with van der Waals surface area (Å²) in [5.74, 6) is 1.52. The average molecular weight is 359 g/mol. The normalized spacial score (nSPS) is 10.2. The SMILES string of the molecule is CCN(CC)C(=O)c1cc(Nc2cc(OC)c(OC)c(OC)c2)ccn1. The number of ether oxygens (including phenoxy) is 3. The Morgan fingerprint density at radius 1 is 1.00 bits per heavy atom. The summed E-state index contributed by atoms with van der Waals surface area (Å²) in [6.45, 7) is 5.17. The number of aromatic nitrogens is 1. The van der Waals surface area contributed by atoms with Gasteiger partial charge in [-0.05, 0) is 26.0 Å². The van der Waals surface area contributed by atoms with Crippen LogP contribution in [0.25, 0.3) is 0 Å². The fourth-order valence-corrected chi connectivity index (χ4v) is 2.62. The summed E-state index contributed by atoms with van der Waals surface area (Å²) in [4.78, 5) is 18.4. The maximum Gasteiger partial charge on any atom is 0.272 e. The summed E-state index contributed by atoms with van der Waals surface area (Å²) in [6, 6.07) is 7.12. The van der Waals surface area contributed by atoms with Gasteiger partial charge in [-0.1, -0.05) is 0 Å². The van der Waals surface area contributed by atoms with Crippen molar-refractivity contribution in [2.75, 3.05) is 39.7 Å². The van der Waals surface area contributed by atoms with Crippen LogP contribution >= 0.6 is 0 Å². The topological polar surface area (TPSA) is 72.9 Å². The summed E-state index contributed by atoms with van der Waals surface area (Å²) in [5, 5.41) is 3.25. The van der Waals surface area contributed by atoms with E-state index in [1.807, 2.05) is 13.8 Å². The Kier molecular flexibility index (Phi) is 6.66. The minimum Gasteiger partial charge on any atom is -0.493 e. The highest BCUT2D eigenvalue weighted by Gasteiger charge is 2.16. The number of nitrogens with zero attached hydrogens (tertiary/aromatic N) is 2. The molecule has 1 heterocycles. The number of amides is 1. The lowest BCUT2D eigenvalue weighted by Gasteiger charge is -2.18. The molecule has 0 unspecified atom stereocenters.